The summed E-state index contributed by atoms with van der Waals surface area (Å²) >= 11 is 6.79. The number of hydrogen-bond acceptors (Lipinski definition) is 3. The minimum absolute atomic E-state index is 0.124. The zero-order chi connectivity index (χ0) is 13.0. The van der Waals surface area contributed by atoms with E-state index >= 15 is 0 Å². The third-order valence-corrected chi connectivity index (χ3v) is 4.82. The number of nitrogens with zero attached hydrogens (tertiary/aromatic N) is 1. The topological polar surface area (TPSA) is 42.4 Å². The van der Waals surface area contributed by atoms with Crippen LogP contribution in [0.15, 0.2) is 19.6 Å². The molecule has 0 spiro atoms. The van der Waals surface area contributed by atoms with Crippen molar-refractivity contribution in [1.29, 1.82) is 0 Å². The van der Waals surface area contributed by atoms with Crippen LogP contribution in [-0.4, -0.2) is 24.5 Å². The molecule has 0 amide bonds. The highest BCUT2D eigenvalue weighted by Gasteiger charge is 2.23. The van der Waals surface area contributed by atoms with E-state index in [0.29, 0.717) is 12.6 Å². The molecule has 2 N–H and O–H groups in total. The molecule has 2 unspecified atom stereocenters. The monoisotopic (exact) mass is 366 g/mol. The van der Waals surface area contributed by atoms with E-state index in [1.165, 1.54) is 6.42 Å². The summed E-state index contributed by atoms with van der Waals surface area (Å²) in [5.74, 6) is 0.900. The van der Waals surface area contributed by atoms with Gasteiger partial charge in [0, 0.05) is 12.6 Å². The zero-order valence-electron chi connectivity index (χ0n) is 10.5. The maximum absolute atomic E-state index is 5.87. The summed E-state index contributed by atoms with van der Waals surface area (Å²) < 4.78 is 7.32. The molecule has 3 nitrogen and oxygen atoms in total. The predicted molar refractivity (Wildman–Crippen MR) is 78.0 cm³/mol. The highest BCUT2D eigenvalue weighted by molar-refractivity contribution is 9.13. The number of likely N-dealkylation sites (N-methyl/N-ethyl adjacent to an activating group) is 1. The van der Waals surface area contributed by atoms with Crippen molar-refractivity contribution in [3.05, 3.63) is 21.0 Å². The van der Waals surface area contributed by atoms with Gasteiger partial charge in [0.05, 0.1) is 10.5 Å². The van der Waals surface area contributed by atoms with Crippen molar-refractivity contribution >= 4 is 31.9 Å². The molecule has 0 radical (unpaired) electrons. The van der Waals surface area contributed by atoms with Gasteiger partial charge in [-0.1, -0.05) is 13.3 Å². The van der Waals surface area contributed by atoms with Crippen LogP contribution in [0.4, 0.5) is 0 Å². The highest BCUT2D eigenvalue weighted by Crippen LogP contribution is 2.32. The average Bonchev–Trinajstić information content (AvgIpc) is 2.60. The van der Waals surface area contributed by atoms with Gasteiger partial charge in [-0.05, 0) is 58.3 Å². The molecule has 98 valence electrons. The van der Waals surface area contributed by atoms with Crippen molar-refractivity contribution in [2.24, 2.45) is 5.73 Å². The van der Waals surface area contributed by atoms with Crippen molar-refractivity contribution < 1.29 is 4.42 Å². The molecule has 0 aliphatic carbocycles. The molecule has 0 fully saturated rings. The van der Waals surface area contributed by atoms with E-state index in [4.69, 9.17) is 10.2 Å². The molecular weight excluding hydrogens is 348 g/mol. The van der Waals surface area contributed by atoms with Gasteiger partial charge in [-0.2, -0.15) is 0 Å². The lowest BCUT2D eigenvalue weighted by molar-refractivity contribution is 0.159. The Hall–Kier alpha value is 0.160. The summed E-state index contributed by atoms with van der Waals surface area (Å²) in [6.45, 7) is 4.97. The van der Waals surface area contributed by atoms with Crippen molar-refractivity contribution in [3.63, 3.8) is 0 Å². The molecule has 0 bridgehead atoms. The van der Waals surface area contributed by atoms with Gasteiger partial charge in [-0.25, -0.2) is 0 Å². The Morgan fingerprint density at radius 2 is 2.12 bits per heavy atom. The van der Waals surface area contributed by atoms with Gasteiger partial charge in [-0.3, -0.25) is 4.90 Å². The van der Waals surface area contributed by atoms with Gasteiger partial charge in [0.1, 0.15) is 5.76 Å². The Kier molecular flexibility index (Phi) is 6.20. The van der Waals surface area contributed by atoms with Crippen LogP contribution >= 0.6 is 31.9 Å². The fraction of sp³-hybridized carbons (Fsp3) is 0.667. The normalized spacial score (nSPS) is 15.2. The third kappa shape index (κ3) is 3.81. The van der Waals surface area contributed by atoms with E-state index in [1.54, 1.807) is 0 Å². The molecule has 2 atom stereocenters. The summed E-state index contributed by atoms with van der Waals surface area (Å²) in [5.41, 5.74) is 5.87. The Morgan fingerprint density at radius 3 is 2.53 bits per heavy atom. The number of nitrogens with two attached hydrogens (primary N) is 1. The van der Waals surface area contributed by atoms with Gasteiger partial charge in [-0.15, -0.1) is 0 Å². The minimum Gasteiger partial charge on any atom is -0.451 e. The summed E-state index contributed by atoms with van der Waals surface area (Å²) in [6, 6.07) is 2.60. The Balaban J connectivity index is 2.83. The van der Waals surface area contributed by atoms with Crippen LogP contribution in [0.2, 0.25) is 0 Å². The molecule has 17 heavy (non-hydrogen) atoms. The predicted octanol–water partition coefficient (Wildman–Crippen LogP) is 3.92. The van der Waals surface area contributed by atoms with Gasteiger partial charge in [0.2, 0.25) is 0 Å². The quantitative estimate of drug-likeness (QED) is 0.828. The van der Waals surface area contributed by atoms with E-state index in [0.717, 1.165) is 21.3 Å². The van der Waals surface area contributed by atoms with Crippen molar-refractivity contribution in [1.82, 2.24) is 4.90 Å². The molecule has 0 saturated heterocycles. The first-order valence-electron chi connectivity index (χ1n) is 5.88. The van der Waals surface area contributed by atoms with Crippen LogP contribution < -0.4 is 5.73 Å². The largest absolute Gasteiger partial charge is 0.451 e. The number of rotatable bonds is 6. The number of furan rings is 1. The zero-order valence-corrected chi connectivity index (χ0v) is 13.7. The molecular formula is C12H20Br2N2O. The van der Waals surface area contributed by atoms with Crippen LogP contribution in [-0.2, 0) is 0 Å². The van der Waals surface area contributed by atoms with E-state index < -0.39 is 0 Å². The van der Waals surface area contributed by atoms with Crippen LogP contribution in [0, 0.1) is 0 Å². The molecule has 1 aromatic rings. The first-order chi connectivity index (χ1) is 8.01. The van der Waals surface area contributed by atoms with Crippen molar-refractivity contribution in [2.75, 3.05) is 13.6 Å². The van der Waals surface area contributed by atoms with Gasteiger partial charge in [0.15, 0.2) is 4.67 Å². The first kappa shape index (κ1) is 15.2. The smallest absolute Gasteiger partial charge is 0.183 e. The first-order valence-corrected chi connectivity index (χ1v) is 7.46. The molecule has 0 aliphatic heterocycles. The second kappa shape index (κ2) is 6.92. The lowest BCUT2D eigenvalue weighted by Gasteiger charge is -2.31. The third-order valence-electron chi connectivity index (χ3n) is 3.11. The fourth-order valence-corrected chi connectivity index (χ4v) is 2.55. The van der Waals surface area contributed by atoms with Crippen molar-refractivity contribution in [2.45, 2.75) is 38.8 Å². The SMILES string of the molecule is CCCC(C)N(C)C(CN)c1cc(Br)c(Br)o1. The molecule has 0 saturated carbocycles. The van der Waals surface area contributed by atoms with E-state index in [-0.39, 0.29) is 6.04 Å². The second-order valence-electron chi connectivity index (χ2n) is 4.33. The maximum atomic E-state index is 5.87. The Morgan fingerprint density at radius 1 is 1.47 bits per heavy atom. The standard InChI is InChI=1S/C12H20Br2N2O/c1-4-5-8(2)16(3)10(7-15)11-6-9(13)12(14)17-11/h6,8,10H,4-5,7,15H2,1-3H3. The number of halogens is 2. The molecule has 5 heteroatoms. The lowest BCUT2D eigenvalue weighted by atomic mass is 10.1. The highest BCUT2D eigenvalue weighted by atomic mass is 79.9. The van der Waals surface area contributed by atoms with Crippen LogP contribution in [0.3, 0.4) is 0 Å². The van der Waals surface area contributed by atoms with Gasteiger partial charge >= 0.3 is 0 Å². The fourth-order valence-electron chi connectivity index (χ4n) is 1.94. The van der Waals surface area contributed by atoms with Crippen LogP contribution in [0.5, 0.6) is 0 Å². The molecule has 1 rings (SSSR count). The Labute approximate surface area is 120 Å². The Bertz CT molecular complexity index is 335. The molecule has 0 aliphatic rings. The van der Waals surface area contributed by atoms with Gasteiger partial charge < -0.3 is 10.2 Å². The van der Waals surface area contributed by atoms with E-state index in [9.17, 15) is 0 Å². The second-order valence-corrected chi connectivity index (χ2v) is 5.90. The summed E-state index contributed by atoms with van der Waals surface area (Å²) in [6.07, 6.45) is 2.34. The van der Waals surface area contributed by atoms with E-state index in [1.807, 2.05) is 6.07 Å². The summed E-state index contributed by atoms with van der Waals surface area (Å²) in [7, 11) is 2.10. The summed E-state index contributed by atoms with van der Waals surface area (Å²) in [4.78, 5) is 2.28. The lowest BCUT2D eigenvalue weighted by Crippen LogP contribution is -2.36. The van der Waals surface area contributed by atoms with Crippen LogP contribution in [0.25, 0.3) is 0 Å². The summed E-state index contributed by atoms with van der Waals surface area (Å²) in [5, 5.41) is 0. The number of hydrogen-bond donors (Lipinski definition) is 1. The van der Waals surface area contributed by atoms with Gasteiger partial charge in [0.25, 0.3) is 0 Å². The molecule has 1 heterocycles. The molecule has 1 aromatic heterocycles. The maximum Gasteiger partial charge on any atom is 0.183 e. The van der Waals surface area contributed by atoms with E-state index in [2.05, 4.69) is 57.7 Å². The molecule has 0 aromatic carbocycles. The minimum atomic E-state index is 0.124. The van der Waals surface area contributed by atoms with Crippen LogP contribution in [0.1, 0.15) is 38.5 Å². The van der Waals surface area contributed by atoms with Crippen molar-refractivity contribution in [3.8, 4) is 0 Å². The average molecular weight is 368 g/mol.